The highest BCUT2D eigenvalue weighted by molar-refractivity contribution is 6.33. The lowest BCUT2D eigenvalue weighted by Crippen LogP contribution is -2.56. The minimum Gasteiger partial charge on any atom is -0.352 e. The molecule has 0 aromatic carbocycles. The summed E-state index contributed by atoms with van der Waals surface area (Å²) < 4.78 is 18.2. The van der Waals surface area contributed by atoms with Crippen molar-refractivity contribution in [3.63, 3.8) is 0 Å². The topological polar surface area (TPSA) is 70.3 Å². The maximum absolute atomic E-state index is 6.21. The average molecular weight is 396 g/mol. The first kappa shape index (κ1) is 16.9. The van der Waals surface area contributed by atoms with E-state index in [-0.39, 0.29) is 15.7 Å². The highest BCUT2D eigenvalue weighted by atomic mass is 35.5. The second-order valence-electron chi connectivity index (χ2n) is 7.27. The zero-order valence-electron chi connectivity index (χ0n) is 14.3. The van der Waals surface area contributed by atoms with Crippen molar-refractivity contribution in [3.8, 4) is 11.6 Å². The molecule has 138 valence electrons. The van der Waals surface area contributed by atoms with Crippen LogP contribution in [0.5, 0.6) is 0 Å². The van der Waals surface area contributed by atoms with Gasteiger partial charge in [0.05, 0.1) is 24.3 Å². The number of hydrogen-bond acceptors (Lipinski definition) is 6. The first-order valence-corrected chi connectivity index (χ1v) is 9.87. The first-order chi connectivity index (χ1) is 12.6. The van der Waals surface area contributed by atoms with Crippen molar-refractivity contribution in [2.75, 3.05) is 13.2 Å². The summed E-state index contributed by atoms with van der Waals surface area (Å²) >= 11 is 12.1. The van der Waals surface area contributed by atoms with Crippen molar-refractivity contribution < 1.29 is 14.0 Å². The molecule has 1 aliphatic heterocycles. The van der Waals surface area contributed by atoms with Gasteiger partial charge in [-0.05, 0) is 32.1 Å². The van der Waals surface area contributed by atoms with E-state index in [0.717, 1.165) is 56.2 Å². The zero-order chi connectivity index (χ0) is 17.8. The van der Waals surface area contributed by atoms with Gasteiger partial charge in [0, 0.05) is 18.1 Å². The highest BCUT2D eigenvalue weighted by Crippen LogP contribution is 2.56. The number of nitrogens with zero attached hydrogens (tertiary/aromatic N) is 3. The number of fused-ring (bicyclic) bond motifs is 3. The van der Waals surface area contributed by atoms with E-state index in [1.807, 2.05) is 0 Å². The molecule has 1 saturated heterocycles. The van der Waals surface area contributed by atoms with Crippen LogP contribution in [0.4, 0.5) is 0 Å². The van der Waals surface area contributed by atoms with E-state index in [1.165, 1.54) is 6.07 Å². The van der Waals surface area contributed by atoms with Crippen molar-refractivity contribution in [3.05, 3.63) is 27.6 Å². The van der Waals surface area contributed by atoms with E-state index < -0.39 is 5.79 Å². The Morgan fingerprint density at radius 3 is 2.38 bits per heavy atom. The molecule has 0 amide bonds. The van der Waals surface area contributed by atoms with Gasteiger partial charge in [-0.3, -0.25) is 0 Å². The maximum atomic E-state index is 6.21. The van der Waals surface area contributed by atoms with Crippen LogP contribution in [0.3, 0.4) is 0 Å². The molecule has 3 heterocycles. The predicted molar refractivity (Wildman–Crippen MR) is 95.3 cm³/mol. The molecule has 1 saturated carbocycles. The van der Waals surface area contributed by atoms with Gasteiger partial charge in [-0.2, -0.15) is 0 Å². The smallest absolute Gasteiger partial charge is 0.207 e. The minimum absolute atomic E-state index is 0.264. The van der Waals surface area contributed by atoms with Crippen LogP contribution in [0.25, 0.3) is 11.6 Å². The second-order valence-corrected chi connectivity index (χ2v) is 8.04. The van der Waals surface area contributed by atoms with Crippen molar-refractivity contribution >= 4 is 23.2 Å². The van der Waals surface area contributed by atoms with E-state index in [0.29, 0.717) is 24.8 Å². The van der Waals surface area contributed by atoms with Crippen LogP contribution < -0.4 is 0 Å². The molecule has 0 bridgehead atoms. The summed E-state index contributed by atoms with van der Waals surface area (Å²) in [6.07, 6.45) is 6.99. The monoisotopic (exact) mass is 395 g/mol. The Bertz CT molecular complexity index is 830. The van der Waals surface area contributed by atoms with Gasteiger partial charge >= 0.3 is 0 Å². The summed E-state index contributed by atoms with van der Waals surface area (Å²) in [6.45, 7) is 1.27. The van der Waals surface area contributed by atoms with E-state index in [2.05, 4.69) is 15.1 Å². The Labute approximate surface area is 161 Å². The highest BCUT2D eigenvalue weighted by Gasteiger charge is 2.61. The quantitative estimate of drug-likeness (QED) is 0.669. The van der Waals surface area contributed by atoms with Crippen molar-refractivity contribution in [2.24, 2.45) is 0 Å². The molecule has 2 aromatic rings. The lowest BCUT2D eigenvalue weighted by molar-refractivity contribution is -0.231. The molecule has 2 spiro atoms. The van der Waals surface area contributed by atoms with Crippen molar-refractivity contribution in [1.82, 2.24) is 15.1 Å². The molecular weight excluding hydrogens is 377 g/mol. The van der Waals surface area contributed by atoms with Crippen molar-refractivity contribution in [2.45, 2.75) is 56.1 Å². The fourth-order valence-electron chi connectivity index (χ4n) is 4.97. The largest absolute Gasteiger partial charge is 0.352 e. The van der Waals surface area contributed by atoms with Crippen LogP contribution in [-0.2, 0) is 21.3 Å². The standard InChI is InChI=1S/C18H19Cl2N3O3/c19-12-10-13(20)22-16(21-12)14-11-4-3-6-17(15(11)23-26-14)5-1-2-7-18(17)24-8-9-25-18/h10H,1-9H2/t17-/m0/s1. The van der Waals surface area contributed by atoms with Gasteiger partial charge in [0.25, 0.3) is 0 Å². The number of hydrogen-bond donors (Lipinski definition) is 0. The third-order valence-corrected chi connectivity index (χ3v) is 6.37. The molecule has 6 nitrogen and oxygen atoms in total. The molecule has 0 unspecified atom stereocenters. The van der Waals surface area contributed by atoms with Crippen LogP contribution >= 0.6 is 23.2 Å². The van der Waals surface area contributed by atoms with Gasteiger partial charge in [-0.15, -0.1) is 0 Å². The molecule has 8 heteroatoms. The molecule has 5 rings (SSSR count). The molecule has 26 heavy (non-hydrogen) atoms. The lowest BCUT2D eigenvalue weighted by atomic mass is 9.61. The third-order valence-electron chi connectivity index (χ3n) is 5.98. The van der Waals surface area contributed by atoms with E-state index in [4.69, 9.17) is 37.2 Å². The Kier molecular flexibility index (Phi) is 4.01. The van der Waals surface area contributed by atoms with Crippen LogP contribution in [-0.4, -0.2) is 34.1 Å². The SMILES string of the molecule is Clc1cc(Cl)nc(-c2onc3c2CCC[C@@]32CCCCC23OCCO3)n1. The fourth-order valence-corrected chi connectivity index (χ4v) is 5.40. The Balaban J connectivity index is 1.65. The molecular formula is C18H19Cl2N3O3. The third kappa shape index (κ3) is 2.35. The van der Waals surface area contributed by atoms with Gasteiger partial charge < -0.3 is 14.0 Å². The summed E-state index contributed by atoms with van der Waals surface area (Å²) in [4.78, 5) is 8.56. The Morgan fingerprint density at radius 1 is 0.923 bits per heavy atom. The number of ether oxygens (including phenoxy) is 2. The molecule has 2 fully saturated rings. The van der Waals surface area contributed by atoms with Gasteiger partial charge in [-0.1, -0.05) is 34.8 Å². The Morgan fingerprint density at radius 2 is 1.62 bits per heavy atom. The number of halogens is 2. The first-order valence-electron chi connectivity index (χ1n) is 9.11. The van der Waals surface area contributed by atoms with Gasteiger partial charge in [0.2, 0.25) is 11.6 Å². The molecule has 0 radical (unpaired) electrons. The van der Waals surface area contributed by atoms with Crippen LogP contribution in [0.2, 0.25) is 10.3 Å². The minimum atomic E-state index is -0.582. The summed E-state index contributed by atoms with van der Waals surface area (Å²) in [5.74, 6) is 0.357. The molecule has 0 N–H and O–H groups in total. The molecule has 1 atom stereocenters. The van der Waals surface area contributed by atoms with Gasteiger partial charge in [0.1, 0.15) is 10.3 Å². The van der Waals surface area contributed by atoms with Crippen LogP contribution in [0.1, 0.15) is 49.8 Å². The van der Waals surface area contributed by atoms with Gasteiger partial charge in [0.15, 0.2) is 5.79 Å². The van der Waals surface area contributed by atoms with Crippen LogP contribution in [0, 0.1) is 0 Å². The van der Waals surface area contributed by atoms with E-state index in [9.17, 15) is 0 Å². The number of rotatable bonds is 1. The normalized spacial score (nSPS) is 27.2. The Hall–Kier alpha value is -1.21. The molecule has 2 aromatic heterocycles. The van der Waals surface area contributed by atoms with Crippen LogP contribution in [0.15, 0.2) is 10.6 Å². The summed E-state index contributed by atoms with van der Waals surface area (Å²) in [5.41, 5.74) is 1.72. The summed E-state index contributed by atoms with van der Waals surface area (Å²) in [6, 6.07) is 1.51. The summed E-state index contributed by atoms with van der Waals surface area (Å²) in [7, 11) is 0. The van der Waals surface area contributed by atoms with Gasteiger partial charge in [-0.25, -0.2) is 9.97 Å². The number of aromatic nitrogens is 3. The summed E-state index contributed by atoms with van der Waals surface area (Å²) in [5, 5.41) is 5.06. The maximum Gasteiger partial charge on any atom is 0.207 e. The average Bonchev–Trinajstić information content (AvgIpc) is 3.26. The fraction of sp³-hybridized carbons (Fsp3) is 0.611. The van der Waals surface area contributed by atoms with E-state index >= 15 is 0 Å². The predicted octanol–water partition coefficient (Wildman–Crippen LogP) is 4.33. The van der Waals surface area contributed by atoms with E-state index in [1.54, 1.807) is 0 Å². The molecule has 2 aliphatic carbocycles. The second kappa shape index (κ2) is 6.16. The zero-order valence-corrected chi connectivity index (χ0v) is 15.8. The van der Waals surface area contributed by atoms with Crippen molar-refractivity contribution in [1.29, 1.82) is 0 Å². The molecule has 3 aliphatic rings. The lowest BCUT2D eigenvalue weighted by Gasteiger charge is -2.50.